The van der Waals surface area contributed by atoms with Crippen LogP contribution in [0.3, 0.4) is 0 Å². The van der Waals surface area contributed by atoms with E-state index in [0.29, 0.717) is 6.61 Å². The van der Waals surface area contributed by atoms with Crippen LogP contribution in [0.5, 0.6) is 0 Å². The van der Waals surface area contributed by atoms with E-state index in [1.165, 1.54) is 12.0 Å². The van der Waals surface area contributed by atoms with Crippen LogP contribution >= 0.6 is 0 Å². The van der Waals surface area contributed by atoms with Gasteiger partial charge in [-0.25, -0.2) is 0 Å². The van der Waals surface area contributed by atoms with Crippen LogP contribution in [0, 0.1) is 0 Å². The molecule has 0 aliphatic carbocycles. The molecule has 2 N–H and O–H groups in total. The zero-order chi connectivity index (χ0) is 13.1. The minimum atomic E-state index is 0.213. The molecule has 0 aromatic heterocycles. The van der Waals surface area contributed by atoms with Gasteiger partial charge in [0.1, 0.15) is 0 Å². The first-order valence-corrected chi connectivity index (χ1v) is 6.74. The normalized spacial score (nSPS) is 12.6. The fourth-order valence-corrected chi connectivity index (χ4v) is 2.01. The van der Waals surface area contributed by atoms with Crippen molar-refractivity contribution in [1.29, 1.82) is 0 Å². The number of aliphatic hydroxyl groups excluding tert-OH is 1. The molecule has 18 heavy (non-hydrogen) atoms. The van der Waals surface area contributed by atoms with Crippen molar-refractivity contribution in [3.05, 3.63) is 35.9 Å². The summed E-state index contributed by atoms with van der Waals surface area (Å²) in [5.74, 6) is 0. The topological polar surface area (TPSA) is 41.5 Å². The summed E-state index contributed by atoms with van der Waals surface area (Å²) in [7, 11) is 1.70. The molecule has 0 aliphatic rings. The van der Waals surface area contributed by atoms with E-state index in [-0.39, 0.29) is 12.6 Å². The third-order valence-electron chi connectivity index (χ3n) is 3.01. The van der Waals surface area contributed by atoms with E-state index in [4.69, 9.17) is 9.84 Å². The predicted molar refractivity (Wildman–Crippen MR) is 74.7 cm³/mol. The zero-order valence-electron chi connectivity index (χ0n) is 11.3. The van der Waals surface area contributed by atoms with Crippen molar-refractivity contribution in [3.8, 4) is 0 Å². The molecule has 0 spiro atoms. The highest BCUT2D eigenvalue weighted by atomic mass is 16.5. The number of unbranched alkanes of at least 4 members (excludes halogenated alkanes) is 1. The molecule has 0 fully saturated rings. The molecule has 0 saturated heterocycles. The van der Waals surface area contributed by atoms with Crippen LogP contribution in [0.2, 0.25) is 0 Å². The molecule has 0 heterocycles. The summed E-state index contributed by atoms with van der Waals surface area (Å²) in [5.41, 5.74) is 1.40. The standard InChI is InChI=1S/C15H25NO2/c1-18-13-15(10-12-17)16-11-6-5-9-14-7-3-2-4-8-14/h2-4,7-8,15-17H,5-6,9-13H2,1H3. The molecule has 0 aliphatic heterocycles. The summed E-state index contributed by atoms with van der Waals surface area (Å²) in [4.78, 5) is 0. The lowest BCUT2D eigenvalue weighted by atomic mass is 10.1. The maximum Gasteiger partial charge on any atom is 0.0616 e. The van der Waals surface area contributed by atoms with Crippen molar-refractivity contribution in [2.45, 2.75) is 31.7 Å². The number of nitrogens with one attached hydrogen (secondary N) is 1. The molecule has 0 saturated carbocycles. The highest BCUT2D eigenvalue weighted by molar-refractivity contribution is 5.14. The summed E-state index contributed by atoms with van der Waals surface area (Å²) in [6.07, 6.45) is 4.24. The summed E-state index contributed by atoms with van der Waals surface area (Å²) >= 11 is 0. The van der Waals surface area contributed by atoms with Gasteiger partial charge >= 0.3 is 0 Å². The SMILES string of the molecule is COCC(CCO)NCCCCc1ccccc1. The summed E-state index contributed by atoms with van der Waals surface area (Å²) < 4.78 is 5.11. The van der Waals surface area contributed by atoms with Gasteiger partial charge in [-0.1, -0.05) is 30.3 Å². The van der Waals surface area contributed by atoms with Gasteiger partial charge in [0, 0.05) is 19.8 Å². The second kappa shape index (κ2) is 10.1. The van der Waals surface area contributed by atoms with Crippen molar-refractivity contribution in [2.75, 3.05) is 26.9 Å². The Morgan fingerprint density at radius 1 is 1.22 bits per heavy atom. The number of rotatable bonds is 10. The zero-order valence-corrected chi connectivity index (χ0v) is 11.3. The quantitative estimate of drug-likeness (QED) is 0.625. The third-order valence-corrected chi connectivity index (χ3v) is 3.01. The van der Waals surface area contributed by atoms with Gasteiger partial charge in [-0.2, -0.15) is 0 Å². The largest absolute Gasteiger partial charge is 0.396 e. The summed E-state index contributed by atoms with van der Waals surface area (Å²) in [5, 5.41) is 12.3. The number of ether oxygens (including phenoxy) is 1. The van der Waals surface area contributed by atoms with Crippen molar-refractivity contribution < 1.29 is 9.84 Å². The number of aryl methyl sites for hydroxylation is 1. The van der Waals surface area contributed by atoms with Gasteiger partial charge in [0.25, 0.3) is 0 Å². The molecule has 1 aromatic rings. The smallest absolute Gasteiger partial charge is 0.0616 e. The van der Waals surface area contributed by atoms with Gasteiger partial charge in [-0.05, 0) is 37.8 Å². The fraction of sp³-hybridized carbons (Fsp3) is 0.600. The van der Waals surface area contributed by atoms with Crippen LogP contribution in [-0.4, -0.2) is 38.0 Å². The van der Waals surface area contributed by atoms with Gasteiger partial charge < -0.3 is 15.2 Å². The molecular formula is C15H25NO2. The molecule has 3 nitrogen and oxygen atoms in total. The predicted octanol–water partition coefficient (Wildman–Crippen LogP) is 2.00. The average molecular weight is 251 g/mol. The highest BCUT2D eigenvalue weighted by Gasteiger charge is 2.05. The lowest BCUT2D eigenvalue weighted by Gasteiger charge is -2.16. The van der Waals surface area contributed by atoms with E-state index in [9.17, 15) is 0 Å². The number of methoxy groups -OCH3 is 1. The first-order valence-electron chi connectivity index (χ1n) is 6.74. The third kappa shape index (κ3) is 6.74. The minimum Gasteiger partial charge on any atom is -0.396 e. The van der Waals surface area contributed by atoms with Crippen LogP contribution in [-0.2, 0) is 11.2 Å². The van der Waals surface area contributed by atoms with Gasteiger partial charge in [0.05, 0.1) is 6.61 Å². The molecule has 1 atom stereocenters. The summed E-state index contributed by atoms with van der Waals surface area (Å²) in [6, 6.07) is 10.8. The molecule has 1 rings (SSSR count). The first kappa shape index (κ1) is 15.2. The molecule has 1 unspecified atom stereocenters. The van der Waals surface area contributed by atoms with Crippen LogP contribution in [0.25, 0.3) is 0 Å². The van der Waals surface area contributed by atoms with Crippen molar-refractivity contribution in [1.82, 2.24) is 5.32 Å². The van der Waals surface area contributed by atoms with Crippen molar-refractivity contribution >= 4 is 0 Å². The fourth-order valence-electron chi connectivity index (χ4n) is 2.01. The van der Waals surface area contributed by atoms with Gasteiger partial charge in [-0.3, -0.25) is 0 Å². The molecule has 3 heteroatoms. The molecule has 102 valence electrons. The monoisotopic (exact) mass is 251 g/mol. The maximum atomic E-state index is 8.92. The number of hydrogen-bond donors (Lipinski definition) is 2. The van der Waals surface area contributed by atoms with Crippen LogP contribution in [0.15, 0.2) is 30.3 Å². The highest BCUT2D eigenvalue weighted by Crippen LogP contribution is 2.04. The molecule has 0 radical (unpaired) electrons. The molecule has 0 amide bonds. The average Bonchev–Trinajstić information content (AvgIpc) is 2.40. The second-order valence-corrected chi connectivity index (χ2v) is 4.56. The van der Waals surface area contributed by atoms with Crippen LogP contribution in [0.4, 0.5) is 0 Å². The molecule has 0 bridgehead atoms. The Kier molecular flexibility index (Phi) is 8.47. The van der Waals surface area contributed by atoms with Gasteiger partial charge in [0.15, 0.2) is 0 Å². The van der Waals surface area contributed by atoms with E-state index in [1.54, 1.807) is 7.11 Å². The van der Waals surface area contributed by atoms with Crippen LogP contribution < -0.4 is 5.32 Å². The number of aliphatic hydroxyl groups is 1. The van der Waals surface area contributed by atoms with Gasteiger partial charge in [-0.15, -0.1) is 0 Å². The van der Waals surface area contributed by atoms with Crippen molar-refractivity contribution in [2.24, 2.45) is 0 Å². The Bertz CT molecular complexity index is 284. The lowest BCUT2D eigenvalue weighted by molar-refractivity contribution is 0.148. The Hall–Kier alpha value is -0.900. The minimum absolute atomic E-state index is 0.213. The van der Waals surface area contributed by atoms with E-state index in [2.05, 4.69) is 35.6 Å². The lowest BCUT2D eigenvalue weighted by Crippen LogP contribution is -2.34. The Morgan fingerprint density at radius 3 is 2.67 bits per heavy atom. The van der Waals surface area contributed by atoms with Crippen molar-refractivity contribution in [3.63, 3.8) is 0 Å². The van der Waals surface area contributed by atoms with Crippen LogP contribution in [0.1, 0.15) is 24.8 Å². The Balaban J connectivity index is 2.06. The van der Waals surface area contributed by atoms with E-state index in [1.807, 2.05) is 0 Å². The summed E-state index contributed by atoms with van der Waals surface area (Å²) in [6.45, 7) is 1.87. The van der Waals surface area contributed by atoms with E-state index in [0.717, 1.165) is 25.8 Å². The molecular weight excluding hydrogens is 226 g/mol. The number of hydrogen-bond acceptors (Lipinski definition) is 3. The first-order chi connectivity index (χ1) is 8.86. The Labute approximate surface area is 110 Å². The second-order valence-electron chi connectivity index (χ2n) is 4.56. The van der Waals surface area contributed by atoms with Gasteiger partial charge in [0.2, 0.25) is 0 Å². The Morgan fingerprint density at radius 2 is 2.00 bits per heavy atom. The van der Waals surface area contributed by atoms with E-state index >= 15 is 0 Å². The maximum absolute atomic E-state index is 8.92. The molecule has 1 aromatic carbocycles. The number of benzene rings is 1. The van der Waals surface area contributed by atoms with E-state index < -0.39 is 0 Å².